The number of nitrogens with one attached hydrogen (secondary N) is 1. The number of hydrogen-bond acceptors (Lipinski definition) is 5. The zero-order chi connectivity index (χ0) is 16.6. The minimum absolute atomic E-state index is 0.107. The number of aryl methyl sites for hydroxylation is 2. The molecule has 0 radical (unpaired) electrons. The summed E-state index contributed by atoms with van der Waals surface area (Å²) in [7, 11) is 1.72. The molecule has 0 aliphatic heterocycles. The van der Waals surface area contributed by atoms with Crippen LogP contribution in [0.15, 0.2) is 39.6 Å². The normalized spacial score (nSPS) is 12.5. The minimum Gasteiger partial charge on any atom is -0.376 e. The molecule has 1 aromatic carbocycles. The lowest BCUT2D eigenvalue weighted by molar-refractivity contribution is -0.825. The fourth-order valence-corrected chi connectivity index (χ4v) is 2.58. The maximum atomic E-state index is 12.2. The van der Waals surface area contributed by atoms with Crippen molar-refractivity contribution in [2.75, 3.05) is 5.32 Å². The number of nitrogens with two attached hydrogens (primary N) is 1. The van der Waals surface area contributed by atoms with Gasteiger partial charge in [0.2, 0.25) is 0 Å². The average molecular weight is 315 g/mol. The van der Waals surface area contributed by atoms with Crippen LogP contribution in [0.5, 0.6) is 0 Å². The van der Waals surface area contributed by atoms with Crippen molar-refractivity contribution in [3.8, 4) is 0 Å². The second-order valence-corrected chi connectivity index (χ2v) is 5.59. The first kappa shape index (κ1) is 15.3. The smallest absolute Gasteiger partial charge is 0.252 e. The first-order valence-corrected chi connectivity index (χ1v) is 7.30. The van der Waals surface area contributed by atoms with E-state index in [9.17, 15) is 10.0 Å². The molecule has 23 heavy (non-hydrogen) atoms. The van der Waals surface area contributed by atoms with E-state index in [1.807, 2.05) is 32.0 Å². The van der Waals surface area contributed by atoms with Gasteiger partial charge in [0.25, 0.3) is 5.56 Å². The lowest BCUT2D eigenvalue weighted by Crippen LogP contribution is -2.73. The summed E-state index contributed by atoms with van der Waals surface area (Å²) in [6.07, 6.45) is 0. The Morgan fingerprint density at radius 3 is 2.78 bits per heavy atom. The van der Waals surface area contributed by atoms with Crippen LogP contribution in [0.3, 0.4) is 0 Å². The molecule has 0 aliphatic carbocycles. The van der Waals surface area contributed by atoms with E-state index in [0.29, 0.717) is 11.4 Å². The van der Waals surface area contributed by atoms with E-state index in [-0.39, 0.29) is 11.6 Å². The van der Waals surface area contributed by atoms with Crippen LogP contribution in [-0.4, -0.2) is 14.9 Å². The predicted octanol–water partition coefficient (Wildman–Crippen LogP) is 1.59. The van der Waals surface area contributed by atoms with Crippen molar-refractivity contribution in [1.82, 2.24) is 9.72 Å². The number of pyridine rings is 1. The van der Waals surface area contributed by atoms with Crippen molar-refractivity contribution in [3.63, 3.8) is 0 Å². The van der Waals surface area contributed by atoms with Gasteiger partial charge in [-0.1, -0.05) is 5.16 Å². The molecule has 7 heteroatoms. The number of aromatic nitrogens is 2. The Morgan fingerprint density at radius 2 is 2.13 bits per heavy atom. The van der Waals surface area contributed by atoms with Gasteiger partial charge in [0.1, 0.15) is 11.5 Å². The summed E-state index contributed by atoms with van der Waals surface area (Å²) >= 11 is 0. The lowest BCUT2D eigenvalue weighted by atomic mass is 10.1. The van der Waals surface area contributed by atoms with Crippen molar-refractivity contribution < 1.29 is 15.2 Å². The van der Waals surface area contributed by atoms with Gasteiger partial charge in [-0.3, -0.25) is 4.79 Å². The fraction of sp³-hybridized carbons (Fsp3) is 0.250. The molecule has 7 nitrogen and oxygen atoms in total. The van der Waals surface area contributed by atoms with Gasteiger partial charge >= 0.3 is 0 Å². The minimum atomic E-state index is -0.121. The van der Waals surface area contributed by atoms with Gasteiger partial charge in [0.15, 0.2) is 5.69 Å². The summed E-state index contributed by atoms with van der Waals surface area (Å²) in [5, 5.41) is 17.4. The van der Waals surface area contributed by atoms with E-state index in [1.54, 1.807) is 23.7 Å². The van der Waals surface area contributed by atoms with Crippen LogP contribution in [-0.2, 0) is 7.05 Å². The molecule has 0 aliphatic rings. The summed E-state index contributed by atoms with van der Waals surface area (Å²) in [4.78, 5) is 12.2. The van der Waals surface area contributed by atoms with Gasteiger partial charge in [0, 0.05) is 42.4 Å². The zero-order valence-corrected chi connectivity index (χ0v) is 13.2. The molecule has 3 aromatic rings. The Balaban J connectivity index is 2.08. The number of benzene rings is 1. The third-order valence-corrected chi connectivity index (χ3v) is 3.88. The average Bonchev–Trinajstić information content (AvgIpc) is 2.98. The highest BCUT2D eigenvalue weighted by Gasteiger charge is 2.14. The Bertz CT molecular complexity index is 913. The highest BCUT2D eigenvalue weighted by Crippen LogP contribution is 2.26. The molecular formula is C16H19N4O3+. The number of anilines is 1. The Hall–Kier alpha value is -2.64. The molecule has 0 saturated carbocycles. The number of nitrogens with zero attached hydrogens (tertiary/aromatic N) is 2. The SMILES string of the molecule is Cc1cc(C(C)Nc2cc(=O)n(C)c3ccc([NH2+]O)cc23)no1. The molecule has 0 bridgehead atoms. The summed E-state index contributed by atoms with van der Waals surface area (Å²) in [6.45, 7) is 3.78. The second kappa shape index (κ2) is 5.86. The summed E-state index contributed by atoms with van der Waals surface area (Å²) in [6, 6.07) is 8.69. The van der Waals surface area contributed by atoms with E-state index in [4.69, 9.17) is 4.52 Å². The van der Waals surface area contributed by atoms with Crippen molar-refractivity contribution in [3.05, 3.63) is 52.1 Å². The molecule has 2 heterocycles. The molecule has 3 rings (SSSR count). The first-order valence-electron chi connectivity index (χ1n) is 7.30. The van der Waals surface area contributed by atoms with Crippen molar-refractivity contribution in [1.29, 1.82) is 0 Å². The molecule has 0 spiro atoms. The van der Waals surface area contributed by atoms with E-state index >= 15 is 0 Å². The van der Waals surface area contributed by atoms with Gasteiger partial charge in [0.05, 0.1) is 11.6 Å². The fourth-order valence-electron chi connectivity index (χ4n) is 2.58. The zero-order valence-electron chi connectivity index (χ0n) is 13.2. The molecule has 1 unspecified atom stereocenters. The molecule has 0 fully saturated rings. The summed E-state index contributed by atoms with van der Waals surface area (Å²) in [5.74, 6) is 0.736. The van der Waals surface area contributed by atoms with Gasteiger partial charge in [-0.05, 0) is 19.9 Å². The van der Waals surface area contributed by atoms with Crippen LogP contribution in [0, 0.1) is 6.92 Å². The second-order valence-electron chi connectivity index (χ2n) is 5.59. The highest BCUT2D eigenvalue weighted by atomic mass is 16.5. The topological polar surface area (TPSA) is 96.9 Å². The molecule has 4 N–H and O–H groups in total. The molecule has 1 atom stereocenters. The largest absolute Gasteiger partial charge is 0.376 e. The van der Waals surface area contributed by atoms with Crippen LogP contribution in [0.4, 0.5) is 11.4 Å². The van der Waals surface area contributed by atoms with Crippen LogP contribution < -0.4 is 16.4 Å². The first-order chi connectivity index (χ1) is 11.0. The number of hydrogen-bond donors (Lipinski definition) is 3. The Labute approximate surface area is 132 Å². The van der Waals surface area contributed by atoms with Crippen molar-refractivity contribution >= 4 is 22.3 Å². The Morgan fingerprint density at radius 1 is 1.35 bits per heavy atom. The maximum Gasteiger partial charge on any atom is 0.252 e. The Kier molecular flexibility index (Phi) is 3.89. The van der Waals surface area contributed by atoms with E-state index in [1.165, 1.54) is 0 Å². The van der Waals surface area contributed by atoms with E-state index in [0.717, 1.165) is 27.8 Å². The third kappa shape index (κ3) is 2.84. The lowest BCUT2D eigenvalue weighted by Gasteiger charge is -2.16. The van der Waals surface area contributed by atoms with E-state index in [2.05, 4.69) is 10.5 Å². The van der Waals surface area contributed by atoms with Crippen LogP contribution in [0.25, 0.3) is 10.9 Å². The molecule has 0 amide bonds. The molecular weight excluding hydrogens is 296 g/mol. The number of quaternary nitrogens is 1. The van der Waals surface area contributed by atoms with Gasteiger partial charge in [-0.2, -0.15) is 5.48 Å². The van der Waals surface area contributed by atoms with Gasteiger partial charge in [-0.15, -0.1) is 0 Å². The molecule has 120 valence electrons. The molecule has 2 aromatic heterocycles. The quantitative estimate of drug-likeness (QED) is 0.502. The van der Waals surface area contributed by atoms with Crippen molar-refractivity contribution in [2.45, 2.75) is 19.9 Å². The standard InChI is InChI=1S/C16H18N4O3/c1-9-6-13(19-23-9)10(2)17-14-8-16(21)20(3)15-5-4-11(18-22)7-12(14)15/h4-8,10,17-18,22H,1-3H3/p+1. The van der Waals surface area contributed by atoms with Crippen LogP contribution in [0.2, 0.25) is 0 Å². The number of rotatable bonds is 4. The maximum absolute atomic E-state index is 12.2. The van der Waals surface area contributed by atoms with Crippen molar-refractivity contribution in [2.24, 2.45) is 7.05 Å². The highest BCUT2D eigenvalue weighted by molar-refractivity contribution is 5.93. The van der Waals surface area contributed by atoms with Gasteiger partial charge < -0.3 is 14.4 Å². The summed E-state index contributed by atoms with van der Waals surface area (Å²) < 4.78 is 6.67. The number of fused-ring (bicyclic) bond motifs is 1. The predicted molar refractivity (Wildman–Crippen MR) is 85.8 cm³/mol. The third-order valence-electron chi connectivity index (χ3n) is 3.88. The molecule has 0 saturated heterocycles. The van der Waals surface area contributed by atoms with Crippen LogP contribution >= 0.6 is 0 Å². The van der Waals surface area contributed by atoms with Crippen LogP contribution in [0.1, 0.15) is 24.4 Å². The van der Waals surface area contributed by atoms with Gasteiger partial charge in [-0.25, -0.2) is 5.21 Å². The van der Waals surface area contributed by atoms with E-state index < -0.39 is 0 Å². The monoisotopic (exact) mass is 315 g/mol. The summed E-state index contributed by atoms with van der Waals surface area (Å²) in [5.41, 5.74) is 3.85.